The topological polar surface area (TPSA) is 20.2 Å². The highest BCUT2D eigenvalue weighted by Crippen LogP contribution is 2.28. The average Bonchev–Trinajstić information content (AvgIpc) is 2.19. The van der Waals surface area contributed by atoms with E-state index >= 15 is 0 Å². The van der Waals surface area contributed by atoms with Crippen molar-refractivity contribution < 1.29 is 5.11 Å². The predicted molar refractivity (Wildman–Crippen MR) is 60.8 cm³/mol. The molecule has 14 heavy (non-hydrogen) atoms. The highest BCUT2D eigenvalue weighted by molar-refractivity contribution is 5.36. The molecular weight excluding hydrogens is 172 g/mol. The molecule has 0 heterocycles. The summed E-state index contributed by atoms with van der Waals surface area (Å²) in [7, 11) is 0. The highest BCUT2D eigenvalue weighted by atomic mass is 16.3. The number of rotatable bonds is 4. The zero-order valence-corrected chi connectivity index (χ0v) is 9.38. The molecule has 0 aliphatic carbocycles. The van der Waals surface area contributed by atoms with Crippen LogP contribution in [0.15, 0.2) is 18.2 Å². The fraction of sp³-hybridized carbons (Fsp3) is 0.538. The Morgan fingerprint density at radius 1 is 1.29 bits per heavy atom. The summed E-state index contributed by atoms with van der Waals surface area (Å²) < 4.78 is 0. The first-order chi connectivity index (χ1) is 6.69. The van der Waals surface area contributed by atoms with Crippen LogP contribution >= 0.6 is 0 Å². The maximum Gasteiger partial charge on any atom is 0.118 e. The van der Waals surface area contributed by atoms with E-state index in [1.54, 1.807) is 0 Å². The molecule has 1 unspecified atom stereocenters. The molecule has 1 heteroatoms. The number of phenolic OH excluding ortho intramolecular Hbond substituents is 1. The van der Waals surface area contributed by atoms with Gasteiger partial charge in [-0.2, -0.15) is 0 Å². The first kappa shape index (κ1) is 11.1. The van der Waals surface area contributed by atoms with E-state index in [9.17, 15) is 5.11 Å². The SMILES string of the molecule is CCCC(CC)c1ccc(O)c(C)c1. The van der Waals surface area contributed by atoms with Crippen molar-refractivity contribution in [3.8, 4) is 5.75 Å². The van der Waals surface area contributed by atoms with Crippen LogP contribution in [0.2, 0.25) is 0 Å². The molecule has 1 aromatic rings. The lowest BCUT2D eigenvalue weighted by molar-refractivity contribution is 0.470. The first-order valence-electron chi connectivity index (χ1n) is 5.48. The van der Waals surface area contributed by atoms with E-state index in [1.807, 2.05) is 19.1 Å². The van der Waals surface area contributed by atoms with E-state index in [0.717, 1.165) is 5.56 Å². The lowest BCUT2D eigenvalue weighted by Crippen LogP contribution is -1.97. The molecule has 0 spiro atoms. The number of phenols is 1. The third-order valence-electron chi connectivity index (χ3n) is 2.82. The largest absolute Gasteiger partial charge is 0.508 e. The monoisotopic (exact) mass is 192 g/mol. The molecule has 0 radical (unpaired) electrons. The van der Waals surface area contributed by atoms with Gasteiger partial charge in [0.05, 0.1) is 0 Å². The van der Waals surface area contributed by atoms with Crippen LogP contribution < -0.4 is 0 Å². The summed E-state index contributed by atoms with van der Waals surface area (Å²) in [4.78, 5) is 0. The molecule has 1 atom stereocenters. The second-order valence-electron chi connectivity index (χ2n) is 3.94. The lowest BCUT2D eigenvalue weighted by atomic mass is 9.91. The fourth-order valence-electron chi connectivity index (χ4n) is 1.89. The van der Waals surface area contributed by atoms with Gasteiger partial charge in [0.25, 0.3) is 0 Å². The van der Waals surface area contributed by atoms with Crippen LogP contribution in [0.5, 0.6) is 5.75 Å². The molecule has 0 amide bonds. The van der Waals surface area contributed by atoms with Gasteiger partial charge in [-0.15, -0.1) is 0 Å². The number of aromatic hydroxyl groups is 1. The van der Waals surface area contributed by atoms with Crippen molar-refractivity contribution in [2.75, 3.05) is 0 Å². The van der Waals surface area contributed by atoms with Gasteiger partial charge in [0, 0.05) is 0 Å². The Kier molecular flexibility index (Phi) is 3.99. The van der Waals surface area contributed by atoms with E-state index in [4.69, 9.17) is 0 Å². The number of benzene rings is 1. The molecule has 0 aromatic heterocycles. The minimum Gasteiger partial charge on any atom is -0.508 e. The van der Waals surface area contributed by atoms with E-state index in [0.29, 0.717) is 11.7 Å². The quantitative estimate of drug-likeness (QED) is 0.764. The van der Waals surface area contributed by atoms with Gasteiger partial charge < -0.3 is 5.11 Å². The van der Waals surface area contributed by atoms with Crippen LogP contribution in [0.25, 0.3) is 0 Å². The van der Waals surface area contributed by atoms with Gasteiger partial charge in [-0.3, -0.25) is 0 Å². The second kappa shape index (κ2) is 5.04. The van der Waals surface area contributed by atoms with Gasteiger partial charge in [-0.25, -0.2) is 0 Å². The van der Waals surface area contributed by atoms with E-state index < -0.39 is 0 Å². The van der Waals surface area contributed by atoms with Gasteiger partial charge in [0.1, 0.15) is 5.75 Å². The minimum atomic E-state index is 0.403. The number of hydrogen-bond donors (Lipinski definition) is 1. The molecule has 1 rings (SSSR count). The van der Waals surface area contributed by atoms with E-state index in [2.05, 4.69) is 19.9 Å². The lowest BCUT2D eigenvalue weighted by Gasteiger charge is -2.15. The summed E-state index contributed by atoms with van der Waals surface area (Å²) >= 11 is 0. The first-order valence-corrected chi connectivity index (χ1v) is 5.48. The molecule has 0 saturated carbocycles. The molecule has 0 bridgehead atoms. The third kappa shape index (κ3) is 2.50. The fourth-order valence-corrected chi connectivity index (χ4v) is 1.89. The molecule has 0 saturated heterocycles. The van der Waals surface area contributed by atoms with Crippen molar-refractivity contribution in [1.82, 2.24) is 0 Å². The molecule has 0 aliphatic rings. The van der Waals surface area contributed by atoms with Crippen LogP contribution in [-0.2, 0) is 0 Å². The predicted octanol–water partition coefficient (Wildman–Crippen LogP) is 3.99. The van der Waals surface area contributed by atoms with Crippen molar-refractivity contribution in [1.29, 1.82) is 0 Å². The zero-order chi connectivity index (χ0) is 10.6. The Bertz CT molecular complexity index is 291. The van der Waals surface area contributed by atoms with Gasteiger partial charge in [0.15, 0.2) is 0 Å². The minimum absolute atomic E-state index is 0.403. The van der Waals surface area contributed by atoms with Crippen LogP contribution in [0.3, 0.4) is 0 Å². The van der Waals surface area contributed by atoms with Gasteiger partial charge in [-0.1, -0.05) is 32.4 Å². The highest BCUT2D eigenvalue weighted by Gasteiger charge is 2.09. The van der Waals surface area contributed by atoms with Crippen LogP contribution in [0.1, 0.15) is 50.2 Å². The Balaban J connectivity index is 2.88. The summed E-state index contributed by atoms with van der Waals surface area (Å²) in [6.07, 6.45) is 3.64. The Morgan fingerprint density at radius 3 is 2.50 bits per heavy atom. The molecule has 0 aliphatic heterocycles. The molecule has 1 aromatic carbocycles. The zero-order valence-electron chi connectivity index (χ0n) is 9.38. The van der Waals surface area contributed by atoms with Crippen molar-refractivity contribution >= 4 is 0 Å². The summed E-state index contributed by atoms with van der Waals surface area (Å²) in [6.45, 7) is 6.40. The molecule has 0 fully saturated rings. The Morgan fingerprint density at radius 2 is 2.00 bits per heavy atom. The van der Waals surface area contributed by atoms with E-state index in [-0.39, 0.29) is 0 Å². The second-order valence-corrected chi connectivity index (χ2v) is 3.94. The molecule has 1 N–H and O–H groups in total. The maximum atomic E-state index is 9.43. The smallest absolute Gasteiger partial charge is 0.118 e. The van der Waals surface area contributed by atoms with Gasteiger partial charge in [-0.05, 0) is 42.9 Å². The van der Waals surface area contributed by atoms with Gasteiger partial charge >= 0.3 is 0 Å². The van der Waals surface area contributed by atoms with Crippen LogP contribution in [0.4, 0.5) is 0 Å². The summed E-state index contributed by atoms with van der Waals surface area (Å²) in [5, 5.41) is 9.43. The maximum absolute atomic E-state index is 9.43. The van der Waals surface area contributed by atoms with Crippen molar-refractivity contribution in [3.63, 3.8) is 0 Å². The molecule has 1 nitrogen and oxygen atoms in total. The van der Waals surface area contributed by atoms with Crippen molar-refractivity contribution in [2.45, 2.75) is 46.0 Å². The Hall–Kier alpha value is -0.980. The van der Waals surface area contributed by atoms with Crippen molar-refractivity contribution in [2.24, 2.45) is 0 Å². The number of hydrogen-bond acceptors (Lipinski definition) is 1. The van der Waals surface area contributed by atoms with E-state index in [1.165, 1.54) is 24.8 Å². The third-order valence-corrected chi connectivity index (χ3v) is 2.82. The van der Waals surface area contributed by atoms with Crippen molar-refractivity contribution in [3.05, 3.63) is 29.3 Å². The summed E-state index contributed by atoms with van der Waals surface area (Å²) in [6, 6.07) is 5.97. The standard InChI is InChI=1S/C13H20O/c1-4-6-11(5-2)12-7-8-13(14)10(3)9-12/h7-9,11,14H,4-6H2,1-3H3. The number of aryl methyl sites for hydroxylation is 1. The summed E-state index contributed by atoms with van der Waals surface area (Å²) in [5.41, 5.74) is 2.35. The normalized spacial score (nSPS) is 12.8. The van der Waals surface area contributed by atoms with Crippen LogP contribution in [0, 0.1) is 6.92 Å². The summed E-state index contributed by atoms with van der Waals surface area (Å²) in [5.74, 6) is 1.06. The van der Waals surface area contributed by atoms with Crippen LogP contribution in [-0.4, -0.2) is 5.11 Å². The van der Waals surface area contributed by atoms with Gasteiger partial charge in [0.2, 0.25) is 0 Å². The Labute approximate surface area is 86.8 Å². The molecule has 78 valence electrons. The average molecular weight is 192 g/mol. The molecular formula is C13H20O.